The standard InChI is InChI=1S/C18H21N3O4/c1-3-12-21-15(22)11-10-14(20-21)16(23)19-18(4-2,17(24)25)13-8-6-5-7-9-13/h5-11H,3-4,12H2,1-2H3,(H,19,23)(H,24,25). The zero-order valence-corrected chi connectivity index (χ0v) is 14.2. The number of aliphatic carboxylic acids is 1. The minimum atomic E-state index is -1.56. The first-order valence-electron chi connectivity index (χ1n) is 8.14. The van der Waals surface area contributed by atoms with Crippen LogP contribution < -0.4 is 10.9 Å². The minimum Gasteiger partial charge on any atom is -0.479 e. The van der Waals surface area contributed by atoms with Gasteiger partial charge in [0.25, 0.3) is 11.5 Å². The normalized spacial score (nSPS) is 13.0. The summed E-state index contributed by atoms with van der Waals surface area (Å²) in [6.45, 7) is 3.96. The fourth-order valence-electron chi connectivity index (χ4n) is 2.62. The topological polar surface area (TPSA) is 101 Å². The molecule has 0 aliphatic heterocycles. The molecule has 2 aromatic rings. The van der Waals surface area contributed by atoms with Crippen LogP contribution in [0.1, 0.15) is 42.7 Å². The van der Waals surface area contributed by atoms with Crippen molar-refractivity contribution in [3.8, 4) is 0 Å². The number of carboxylic acids is 1. The van der Waals surface area contributed by atoms with Gasteiger partial charge in [0.05, 0.1) is 0 Å². The van der Waals surface area contributed by atoms with Crippen LogP contribution in [0, 0.1) is 0 Å². The third-order valence-electron chi connectivity index (χ3n) is 4.02. The molecule has 1 aromatic heterocycles. The fourth-order valence-corrected chi connectivity index (χ4v) is 2.62. The summed E-state index contributed by atoms with van der Waals surface area (Å²) in [4.78, 5) is 36.3. The summed E-state index contributed by atoms with van der Waals surface area (Å²) >= 11 is 0. The summed E-state index contributed by atoms with van der Waals surface area (Å²) in [5, 5.41) is 16.4. The lowest BCUT2D eigenvalue weighted by molar-refractivity contribution is -0.145. The van der Waals surface area contributed by atoms with E-state index in [-0.39, 0.29) is 17.7 Å². The Hall–Kier alpha value is -2.96. The lowest BCUT2D eigenvalue weighted by atomic mass is 9.87. The van der Waals surface area contributed by atoms with Gasteiger partial charge < -0.3 is 10.4 Å². The average Bonchev–Trinajstić information content (AvgIpc) is 2.62. The molecular weight excluding hydrogens is 322 g/mol. The highest BCUT2D eigenvalue weighted by Gasteiger charge is 2.40. The van der Waals surface area contributed by atoms with E-state index in [0.29, 0.717) is 18.5 Å². The van der Waals surface area contributed by atoms with Gasteiger partial charge in [-0.15, -0.1) is 0 Å². The van der Waals surface area contributed by atoms with E-state index in [9.17, 15) is 19.5 Å². The summed E-state index contributed by atoms with van der Waals surface area (Å²) < 4.78 is 1.20. The van der Waals surface area contributed by atoms with Crippen LogP contribution in [0.5, 0.6) is 0 Å². The highest BCUT2D eigenvalue weighted by atomic mass is 16.4. The van der Waals surface area contributed by atoms with Gasteiger partial charge in [0.1, 0.15) is 5.69 Å². The summed E-state index contributed by atoms with van der Waals surface area (Å²) in [6.07, 6.45) is 0.850. The Balaban J connectivity index is 2.40. The molecule has 7 nitrogen and oxygen atoms in total. The molecule has 0 aliphatic rings. The summed E-state index contributed by atoms with van der Waals surface area (Å²) in [7, 11) is 0. The summed E-state index contributed by atoms with van der Waals surface area (Å²) in [5.41, 5.74) is -1.39. The Morgan fingerprint density at radius 2 is 1.84 bits per heavy atom. The first-order valence-corrected chi connectivity index (χ1v) is 8.14. The number of carbonyl (C=O) groups is 2. The SMILES string of the molecule is CCCn1nc(C(=O)NC(CC)(C(=O)O)c2ccccc2)ccc1=O. The number of carbonyl (C=O) groups excluding carboxylic acids is 1. The van der Waals surface area contributed by atoms with Crippen molar-refractivity contribution in [3.05, 3.63) is 64.1 Å². The molecule has 1 atom stereocenters. The average molecular weight is 343 g/mol. The van der Waals surface area contributed by atoms with Crippen molar-refractivity contribution in [2.45, 2.75) is 38.8 Å². The first kappa shape index (κ1) is 18.4. The number of carboxylic acid groups (broad SMARTS) is 1. The van der Waals surface area contributed by atoms with E-state index in [4.69, 9.17) is 0 Å². The van der Waals surface area contributed by atoms with Gasteiger partial charge in [0, 0.05) is 12.6 Å². The van der Waals surface area contributed by atoms with Gasteiger partial charge in [-0.1, -0.05) is 44.2 Å². The zero-order chi connectivity index (χ0) is 18.4. The first-order chi connectivity index (χ1) is 11.9. The Morgan fingerprint density at radius 1 is 1.16 bits per heavy atom. The predicted octanol–water partition coefficient (Wildman–Crippen LogP) is 1.77. The fraction of sp³-hybridized carbons (Fsp3) is 0.333. The number of benzene rings is 1. The Kier molecular flexibility index (Phi) is 5.69. The maximum atomic E-state index is 12.6. The molecule has 1 heterocycles. The third-order valence-corrected chi connectivity index (χ3v) is 4.02. The maximum absolute atomic E-state index is 12.6. The van der Waals surface area contributed by atoms with E-state index in [2.05, 4.69) is 10.4 Å². The second-order valence-electron chi connectivity index (χ2n) is 5.66. The molecule has 0 fully saturated rings. The lowest BCUT2D eigenvalue weighted by Gasteiger charge is -2.29. The molecule has 0 bridgehead atoms. The Bertz CT molecular complexity index is 817. The molecule has 7 heteroatoms. The van der Waals surface area contributed by atoms with Gasteiger partial charge in [-0.25, -0.2) is 9.48 Å². The van der Waals surface area contributed by atoms with E-state index in [1.165, 1.54) is 16.8 Å². The molecule has 0 radical (unpaired) electrons. The van der Waals surface area contributed by atoms with Gasteiger partial charge in [-0.05, 0) is 24.5 Å². The minimum absolute atomic E-state index is 0.00283. The smallest absolute Gasteiger partial charge is 0.334 e. The quantitative estimate of drug-likeness (QED) is 0.798. The van der Waals surface area contributed by atoms with Gasteiger partial charge in [0.15, 0.2) is 5.54 Å². The summed E-state index contributed by atoms with van der Waals surface area (Å²) in [5.74, 6) is -1.80. The molecule has 25 heavy (non-hydrogen) atoms. The van der Waals surface area contributed by atoms with Crippen molar-refractivity contribution in [1.82, 2.24) is 15.1 Å². The van der Waals surface area contributed by atoms with Gasteiger partial charge >= 0.3 is 5.97 Å². The van der Waals surface area contributed by atoms with Gasteiger partial charge in [0.2, 0.25) is 0 Å². The molecular formula is C18H21N3O4. The molecule has 132 valence electrons. The molecule has 1 amide bonds. The molecule has 0 spiro atoms. The summed E-state index contributed by atoms with van der Waals surface area (Å²) in [6, 6.07) is 11.1. The third kappa shape index (κ3) is 3.76. The number of aryl methyl sites for hydroxylation is 1. The van der Waals surface area contributed by atoms with Crippen LogP contribution in [0.3, 0.4) is 0 Å². The van der Waals surface area contributed by atoms with Crippen molar-refractivity contribution in [1.29, 1.82) is 0 Å². The van der Waals surface area contributed by atoms with Crippen LogP contribution in [-0.4, -0.2) is 26.8 Å². The van der Waals surface area contributed by atoms with Crippen molar-refractivity contribution < 1.29 is 14.7 Å². The molecule has 0 saturated carbocycles. The Morgan fingerprint density at radius 3 is 2.40 bits per heavy atom. The monoisotopic (exact) mass is 343 g/mol. The second-order valence-corrected chi connectivity index (χ2v) is 5.66. The number of hydrogen-bond acceptors (Lipinski definition) is 4. The van der Waals surface area contributed by atoms with Crippen LogP contribution >= 0.6 is 0 Å². The molecule has 2 rings (SSSR count). The largest absolute Gasteiger partial charge is 0.479 e. The van der Waals surface area contributed by atoms with Gasteiger partial charge in [-0.3, -0.25) is 9.59 Å². The lowest BCUT2D eigenvalue weighted by Crippen LogP contribution is -2.51. The molecule has 0 saturated heterocycles. The van der Waals surface area contributed by atoms with Crippen molar-refractivity contribution in [2.24, 2.45) is 0 Å². The maximum Gasteiger partial charge on any atom is 0.334 e. The number of nitrogens with zero attached hydrogens (tertiary/aromatic N) is 2. The van der Waals surface area contributed by atoms with E-state index < -0.39 is 17.4 Å². The zero-order valence-electron chi connectivity index (χ0n) is 14.2. The van der Waals surface area contributed by atoms with Crippen LogP contribution in [0.4, 0.5) is 0 Å². The van der Waals surface area contributed by atoms with E-state index in [1.54, 1.807) is 37.3 Å². The number of aromatic nitrogens is 2. The molecule has 1 unspecified atom stereocenters. The van der Waals surface area contributed by atoms with Crippen molar-refractivity contribution in [2.75, 3.05) is 0 Å². The van der Waals surface area contributed by atoms with Crippen molar-refractivity contribution >= 4 is 11.9 Å². The highest BCUT2D eigenvalue weighted by Crippen LogP contribution is 2.25. The van der Waals surface area contributed by atoms with Crippen LogP contribution in [-0.2, 0) is 16.9 Å². The number of nitrogens with one attached hydrogen (secondary N) is 1. The predicted molar refractivity (Wildman–Crippen MR) is 92.3 cm³/mol. The Labute approximate surface area is 145 Å². The van der Waals surface area contributed by atoms with E-state index in [1.807, 2.05) is 6.92 Å². The van der Waals surface area contributed by atoms with Crippen LogP contribution in [0.15, 0.2) is 47.3 Å². The second kappa shape index (κ2) is 7.74. The van der Waals surface area contributed by atoms with Crippen LogP contribution in [0.25, 0.3) is 0 Å². The number of amides is 1. The van der Waals surface area contributed by atoms with E-state index >= 15 is 0 Å². The highest BCUT2D eigenvalue weighted by molar-refractivity contribution is 5.96. The molecule has 1 aromatic carbocycles. The number of rotatable bonds is 7. The van der Waals surface area contributed by atoms with Crippen molar-refractivity contribution in [3.63, 3.8) is 0 Å². The van der Waals surface area contributed by atoms with Crippen LogP contribution in [0.2, 0.25) is 0 Å². The van der Waals surface area contributed by atoms with E-state index in [0.717, 1.165) is 0 Å². The molecule has 0 aliphatic carbocycles. The molecule has 2 N–H and O–H groups in total. The van der Waals surface area contributed by atoms with Gasteiger partial charge in [-0.2, -0.15) is 5.10 Å². The number of hydrogen-bond donors (Lipinski definition) is 2.